The Morgan fingerprint density at radius 1 is 1.38 bits per heavy atom. The normalized spacial score (nSPS) is 11.3. The van der Waals surface area contributed by atoms with Gasteiger partial charge in [-0.1, -0.05) is 6.07 Å². The highest BCUT2D eigenvalue weighted by Crippen LogP contribution is 2.23. The number of rotatable bonds is 2. The van der Waals surface area contributed by atoms with Crippen molar-refractivity contribution in [1.82, 2.24) is 0 Å². The molecule has 2 N–H and O–H groups in total. The summed E-state index contributed by atoms with van der Waals surface area (Å²) >= 11 is 0. The van der Waals surface area contributed by atoms with E-state index in [9.17, 15) is 8.42 Å². The first-order valence-corrected chi connectivity index (χ1v) is 5.18. The summed E-state index contributed by atoms with van der Waals surface area (Å²) in [7, 11) is -2.16. The molecule has 1 aromatic rings. The summed E-state index contributed by atoms with van der Waals surface area (Å²) in [5.74, 6) is 0.520. The highest BCUT2D eigenvalue weighted by atomic mass is 32.2. The quantitative estimate of drug-likeness (QED) is 0.763. The second-order valence-corrected chi connectivity index (χ2v) is 4.16. The predicted octanol–water partition coefficient (Wildman–Crippen LogP) is 0.651. The molecule has 0 fully saturated rings. The van der Waals surface area contributed by atoms with E-state index < -0.39 is 10.0 Å². The van der Waals surface area contributed by atoms with E-state index >= 15 is 0 Å². The van der Waals surface area contributed by atoms with Crippen molar-refractivity contribution in [3.63, 3.8) is 0 Å². The molecule has 4 nitrogen and oxygen atoms in total. The molecule has 0 aliphatic heterocycles. The minimum Gasteiger partial charge on any atom is -0.496 e. The molecule has 0 unspecified atom stereocenters. The van der Waals surface area contributed by atoms with Crippen LogP contribution in [0, 0.1) is 6.92 Å². The molecule has 0 bridgehead atoms. The van der Waals surface area contributed by atoms with Gasteiger partial charge in [0.2, 0.25) is 10.0 Å². The van der Waals surface area contributed by atoms with Crippen LogP contribution in [-0.2, 0) is 10.0 Å². The zero-order valence-electron chi connectivity index (χ0n) is 7.44. The first kappa shape index (κ1) is 10.0. The summed E-state index contributed by atoms with van der Waals surface area (Å²) in [6.45, 7) is 1.65. The van der Waals surface area contributed by atoms with Crippen LogP contribution < -0.4 is 9.88 Å². The van der Waals surface area contributed by atoms with Gasteiger partial charge < -0.3 is 4.74 Å². The number of methoxy groups -OCH3 is 1. The second-order valence-electron chi connectivity index (χ2n) is 2.63. The number of primary sulfonamides is 1. The molecular weight excluding hydrogens is 190 g/mol. The van der Waals surface area contributed by atoms with E-state index in [4.69, 9.17) is 9.88 Å². The molecule has 0 radical (unpaired) electrons. The number of ether oxygens (including phenoxy) is 1. The third-order valence-corrected chi connectivity index (χ3v) is 2.82. The number of hydrogen-bond acceptors (Lipinski definition) is 3. The zero-order valence-corrected chi connectivity index (χ0v) is 8.26. The van der Waals surface area contributed by atoms with Crippen molar-refractivity contribution in [3.8, 4) is 5.75 Å². The van der Waals surface area contributed by atoms with Crippen LogP contribution in [0.4, 0.5) is 0 Å². The third-order valence-electron chi connectivity index (χ3n) is 1.76. The van der Waals surface area contributed by atoms with Gasteiger partial charge >= 0.3 is 0 Å². The van der Waals surface area contributed by atoms with Gasteiger partial charge in [0.1, 0.15) is 5.75 Å². The lowest BCUT2D eigenvalue weighted by molar-refractivity contribution is 0.410. The van der Waals surface area contributed by atoms with Gasteiger partial charge in [-0.2, -0.15) is 0 Å². The highest BCUT2D eigenvalue weighted by Gasteiger charge is 2.13. The number of hydrogen-bond donors (Lipinski definition) is 1. The average Bonchev–Trinajstić information content (AvgIpc) is 2.02. The minimum atomic E-state index is -3.65. The summed E-state index contributed by atoms with van der Waals surface area (Å²) < 4.78 is 27.0. The van der Waals surface area contributed by atoms with Crippen molar-refractivity contribution >= 4 is 10.0 Å². The molecule has 1 aromatic carbocycles. The molecule has 0 heterocycles. The molecule has 13 heavy (non-hydrogen) atoms. The van der Waals surface area contributed by atoms with Crippen molar-refractivity contribution in [1.29, 1.82) is 0 Å². The highest BCUT2D eigenvalue weighted by molar-refractivity contribution is 7.89. The Bertz CT molecular complexity index is 411. The van der Waals surface area contributed by atoms with Gasteiger partial charge in [-0.25, -0.2) is 13.6 Å². The van der Waals surface area contributed by atoms with Crippen LogP contribution in [0.1, 0.15) is 5.56 Å². The van der Waals surface area contributed by atoms with Gasteiger partial charge in [0.15, 0.2) is 0 Å². The van der Waals surface area contributed by atoms with E-state index in [0.29, 0.717) is 11.3 Å². The molecule has 0 aliphatic carbocycles. The number of sulfonamides is 1. The fourth-order valence-corrected chi connectivity index (χ4v) is 1.92. The molecule has 0 aromatic heterocycles. The molecule has 0 aliphatic rings. The van der Waals surface area contributed by atoms with Crippen LogP contribution >= 0.6 is 0 Å². The molecular formula is C8H11NO3S. The standard InChI is InChI=1S/C8H11NO3S/c1-6-7(12-2)4-3-5-8(6)13(9,10)11/h3-5H,1-2H3,(H2,9,10,11). The Hall–Kier alpha value is -1.07. The monoisotopic (exact) mass is 201 g/mol. The molecule has 0 atom stereocenters. The lowest BCUT2D eigenvalue weighted by Gasteiger charge is -2.07. The maximum absolute atomic E-state index is 11.0. The molecule has 5 heteroatoms. The molecule has 0 saturated heterocycles. The van der Waals surface area contributed by atoms with E-state index in [1.807, 2.05) is 0 Å². The van der Waals surface area contributed by atoms with Crippen LogP contribution in [0.15, 0.2) is 23.1 Å². The van der Waals surface area contributed by atoms with E-state index in [1.54, 1.807) is 19.1 Å². The van der Waals surface area contributed by atoms with Crippen LogP contribution in [0.5, 0.6) is 5.75 Å². The SMILES string of the molecule is COc1cccc(S(N)(=O)=O)c1C. The third kappa shape index (κ3) is 1.99. The second kappa shape index (κ2) is 3.35. The van der Waals surface area contributed by atoms with Crippen molar-refractivity contribution in [2.75, 3.05) is 7.11 Å². The average molecular weight is 201 g/mol. The maximum atomic E-state index is 11.0. The fraction of sp³-hybridized carbons (Fsp3) is 0.250. The van der Waals surface area contributed by atoms with E-state index in [0.717, 1.165) is 0 Å². The molecule has 1 rings (SSSR count). The van der Waals surface area contributed by atoms with Gasteiger partial charge in [-0.15, -0.1) is 0 Å². The number of nitrogens with two attached hydrogens (primary N) is 1. The predicted molar refractivity (Wildman–Crippen MR) is 49.1 cm³/mol. The molecule has 72 valence electrons. The van der Waals surface area contributed by atoms with E-state index in [2.05, 4.69) is 0 Å². The van der Waals surface area contributed by atoms with Crippen LogP contribution in [0.25, 0.3) is 0 Å². The van der Waals surface area contributed by atoms with Gasteiger partial charge in [0.05, 0.1) is 12.0 Å². The van der Waals surface area contributed by atoms with Crippen LogP contribution in [0.3, 0.4) is 0 Å². The molecule has 0 spiro atoms. The summed E-state index contributed by atoms with van der Waals surface area (Å²) in [6.07, 6.45) is 0. The first-order valence-electron chi connectivity index (χ1n) is 3.63. The Morgan fingerprint density at radius 3 is 2.46 bits per heavy atom. The Balaban J connectivity index is 3.41. The van der Waals surface area contributed by atoms with Crippen molar-refractivity contribution in [2.45, 2.75) is 11.8 Å². The first-order chi connectivity index (χ1) is 5.96. The van der Waals surface area contributed by atoms with Crippen LogP contribution in [-0.4, -0.2) is 15.5 Å². The zero-order chi connectivity index (χ0) is 10.1. The molecule has 0 saturated carbocycles. The summed E-state index contributed by atoms with van der Waals surface area (Å²) in [5, 5.41) is 5.00. The lowest BCUT2D eigenvalue weighted by atomic mass is 10.2. The summed E-state index contributed by atoms with van der Waals surface area (Å²) in [5.41, 5.74) is 0.535. The molecule has 0 amide bonds. The Labute approximate surface area is 77.4 Å². The lowest BCUT2D eigenvalue weighted by Crippen LogP contribution is -2.13. The smallest absolute Gasteiger partial charge is 0.238 e. The van der Waals surface area contributed by atoms with Crippen LogP contribution in [0.2, 0.25) is 0 Å². The fourth-order valence-electron chi connectivity index (χ4n) is 1.12. The van der Waals surface area contributed by atoms with E-state index in [1.165, 1.54) is 13.2 Å². The maximum Gasteiger partial charge on any atom is 0.238 e. The topological polar surface area (TPSA) is 69.4 Å². The van der Waals surface area contributed by atoms with Gasteiger partial charge in [0, 0.05) is 5.56 Å². The van der Waals surface area contributed by atoms with Crippen molar-refractivity contribution in [3.05, 3.63) is 23.8 Å². The summed E-state index contributed by atoms with van der Waals surface area (Å²) in [4.78, 5) is 0.104. The number of benzene rings is 1. The van der Waals surface area contributed by atoms with Gasteiger partial charge in [0.25, 0.3) is 0 Å². The Morgan fingerprint density at radius 2 is 2.00 bits per heavy atom. The van der Waals surface area contributed by atoms with Crippen molar-refractivity contribution in [2.24, 2.45) is 5.14 Å². The van der Waals surface area contributed by atoms with Gasteiger partial charge in [-0.05, 0) is 19.1 Å². The summed E-state index contributed by atoms with van der Waals surface area (Å²) in [6, 6.07) is 4.72. The van der Waals surface area contributed by atoms with E-state index in [-0.39, 0.29) is 4.90 Å². The van der Waals surface area contributed by atoms with Gasteiger partial charge in [-0.3, -0.25) is 0 Å². The Kier molecular flexibility index (Phi) is 2.58. The largest absolute Gasteiger partial charge is 0.496 e. The minimum absolute atomic E-state index is 0.104. The van der Waals surface area contributed by atoms with Crippen molar-refractivity contribution < 1.29 is 13.2 Å².